The molecule has 8 heteroatoms. The van der Waals surface area contributed by atoms with Crippen LogP contribution in [0.4, 0.5) is 5.95 Å². The summed E-state index contributed by atoms with van der Waals surface area (Å²) < 4.78 is 30.0. The lowest BCUT2D eigenvalue weighted by atomic mass is 10.1. The van der Waals surface area contributed by atoms with Crippen molar-refractivity contribution in [1.29, 1.82) is 0 Å². The highest BCUT2D eigenvalue weighted by Gasteiger charge is 2.17. The highest BCUT2D eigenvalue weighted by Crippen LogP contribution is 2.24. The highest BCUT2D eigenvalue weighted by molar-refractivity contribution is 7.87. The van der Waals surface area contributed by atoms with E-state index in [9.17, 15) is 13.2 Å². The summed E-state index contributed by atoms with van der Waals surface area (Å²) in [6.07, 6.45) is 0.951. The molecular formula is C22H19N3O4S. The van der Waals surface area contributed by atoms with E-state index in [-0.39, 0.29) is 16.6 Å². The van der Waals surface area contributed by atoms with Gasteiger partial charge in [0.05, 0.1) is 11.0 Å². The van der Waals surface area contributed by atoms with Crippen molar-refractivity contribution < 1.29 is 17.4 Å². The fourth-order valence-electron chi connectivity index (χ4n) is 2.96. The number of hydrogen-bond acceptors (Lipinski definition) is 5. The van der Waals surface area contributed by atoms with Gasteiger partial charge in [0.2, 0.25) is 11.9 Å². The SMILES string of the molecule is O=C(CCc1ccccc1)Nc1nc2ccc(OS(=O)(=O)c3ccccc3)cc2[nH]1. The second kappa shape index (κ2) is 8.38. The average molecular weight is 421 g/mol. The fraction of sp³-hybridized carbons (Fsp3) is 0.0909. The molecule has 0 saturated heterocycles. The molecule has 152 valence electrons. The number of fused-ring (bicyclic) bond motifs is 1. The number of amides is 1. The van der Waals surface area contributed by atoms with Gasteiger partial charge < -0.3 is 9.17 Å². The summed E-state index contributed by atoms with van der Waals surface area (Å²) >= 11 is 0. The summed E-state index contributed by atoms with van der Waals surface area (Å²) in [4.78, 5) is 19.6. The van der Waals surface area contributed by atoms with Crippen LogP contribution in [0.2, 0.25) is 0 Å². The molecule has 1 amide bonds. The monoisotopic (exact) mass is 421 g/mol. The van der Waals surface area contributed by atoms with Gasteiger partial charge in [-0.05, 0) is 36.2 Å². The zero-order valence-electron chi connectivity index (χ0n) is 15.9. The van der Waals surface area contributed by atoms with Gasteiger partial charge in [-0.1, -0.05) is 48.5 Å². The van der Waals surface area contributed by atoms with Crippen LogP contribution in [0.3, 0.4) is 0 Å². The third kappa shape index (κ3) is 4.66. The standard InChI is InChI=1S/C22H19N3O4S/c26-21(14-11-16-7-3-1-4-8-16)25-22-23-19-13-12-17(15-20(19)24-22)29-30(27,28)18-9-5-2-6-10-18/h1-10,12-13,15H,11,14H2,(H2,23,24,25,26). The van der Waals surface area contributed by atoms with Gasteiger partial charge in [-0.3, -0.25) is 10.1 Å². The van der Waals surface area contributed by atoms with Crippen LogP contribution in [-0.2, 0) is 21.3 Å². The van der Waals surface area contributed by atoms with Crippen molar-refractivity contribution in [3.8, 4) is 5.75 Å². The third-order valence-electron chi connectivity index (χ3n) is 4.43. The number of aryl methyl sites for hydroxylation is 1. The third-order valence-corrected chi connectivity index (χ3v) is 5.69. The number of rotatable bonds is 7. The molecule has 2 N–H and O–H groups in total. The molecule has 1 heterocycles. The Morgan fingerprint density at radius 3 is 2.40 bits per heavy atom. The predicted octanol–water partition coefficient (Wildman–Crippen LogP) is 3.90. The maximum absolute atomic E-state index is 12.4. The van der Waals surface area contributed by atoms with E-state index in [1.165, 1.54) is 24.3 Å². The summed E-state index contributed by atoms with van der Waals surface area (Å²) in [5, 5.41) is 2.73. The molecule has 0 atom stereocenters. The van der Waals surface area contributed by atoms with Crippen LogP contribution in [0.5, 0.6) is 5.75 Å². The topological polar surface area (TPSA) is 101 Å². The van der Waals surface area contributed by atoms with E-state index in [0.717, 1.165) is 5.56 Å². The molecule has 0 aliphatic rings. The van der Waals surface area contributed by atoms with Gasteiger partial charge in [-0.25, -0.2) is 4.98 Å². The van der Waals surface area contributed by atoms with Crippen molar-refractivity contribution >= 4 is 33.0 Å². The van der Waals surface area contributed by atoms with E-state index in [1.54, 1.807) is 24.3 Å². The summed E-state index contributed by atoms with van der Waals surface area (Å²) in [5.41, 5.74) is 2.21. The van der Waals surface area contributed by atoms with E-state index in [4.69, 9.17) is 4.18 Å². The lowest BCUT2D eigenvalue weighted by Gasteiger charge is -2.06. The zero-order valence-corrected chi connectivity index (χ0v) is 16.7. The Kier molecular flexibility index (Phi) is 5.49. The zero-order chi connectivity index (χ0) is 21.0. The molecule has 4 aromatic rings. The Hall–Kier alpha value is -3.65. The molecule has 7 nitrogen and oxygen atoms in total. The van der Waals surface area contributed by atoms with E-state index >= 15 is 0 Å². The minimum absolute atomic E-state index is 0.0704. The first-order valence-electron chi connectivity index (χ1n) is 9.33. The van der Waals surface area contributed by atoms with Gasteiger partial charge in [0.1, 0.15) is 10.6 Å². The van der Waals surface area contributed by atoms with Gasteiger partial charge in [0, 0.05) is 12.5 Å². The lowest BCUT2D eigenvalue weighted by molar-refractivity contribution is -0.116. The quantitative estimate of drug-likeness (QED) is 0.441. The normalized spacial score (nSPS) is 11.3. The molecule has 0 saturated carbocycles. The van der Waals surface area contributed by atoms with Crippen molar-refractivity contribution in [3.63, 3.8) is 0 Å². The molecule has 0 fully saturated rings. The molecular weight excluding hydrogens is 402 g/mol. The maximum Gasteiger partial charge on any atom is 0.339 e. The van der Waals surface area contributed by atoms with Gasteiger partial charge >= 0.3 is 10.1 Å². The van der Waals surface area contributed by atoms with Crippen molar-refractivity contribution in [2.24, 2.45) is 0 Å². The molecule has 1 aromatic heterocycles. The Bertz CT molecular complexity index is 1270. The summed E-state index contributed by atoms with van der Waals surface area (Å²) in [5.74, 6) is 0.282. The first kappa shape index (κ1) is 19.7. The molecule has 0 aliphatic carbocycles. The van der Waals surface area contributed by atoms with Crippen LogP contribution in [0.1, 0.15) is 12.0 Å². The van der Waals surface area contributed by atoms with E-state index in [1.807, 2.05) is 30.3 Å². The van der Waals surface area contributed by atoms with Crippen molar-refractivity contribution in [2.75, 3.05) is 5.32 Å². The Labute approximate surface area is 173 Å². The van der Waals surface area contributed by atoms with Crippen molar-refractivity contribution in [3.05, 3.63) is 84.4 Å². The second-order valence-electron chi connectivity index (χ2n) is 6.65. The van der Waals surface area contributed by atoms with E-state index in [0.29, 0.717) is 29.8 Å². The smallest absolute Gasteiger partial charge is 0.339 e. The number of imidazole rings is 1. The number of anilines is 1. The molecule has 0 aliphatic heterocycles. The molecule has 4 rings (SSSR count). The number of carbonyl (C=O) groups excluding carboxylic acids is 1. The van der Waals surface area contributed by atoms with E-state index < -0.39 is 10.1 Å². The van der Waals surface area contributed by atoms with Crippen molar-refractivity contribution in [1.82, 2.24) is 9.97 Å². The molecule has 0 unspecified atom stereocenters. The second-order valence-corrected chi connectivity index (χ2v) is 8.19. The number of nitrogens with one attached hydrogen (secondary N) is 2. The number of H-pyrrole nitrogens is 1. The molecule has 3 aromatic carbocycles. The molecule has 0 radical (unpaired) electrons. The summed E-state index contributed by atoms with van der Waals surface area (Å²) in [6, 6.07) is 22.3. The minimum Gasteiger partial charge on any atom is -0.379 e. The van der Waals surface area contributed by atoms with Gasteiger partial charge in [0.25, 0.3) is 0 Å². The maximum atomic E-state index is 12.4. The first-order valence-corrected chi connectivity index (χ1v) is 10.7. The van der Waals surface area contributed by atoms with E-state index in [2.05, 4.69) is 15.3 Å². The predicted molar refractivity (Wildman–Crippen MR) is 114 cm³/mol. The Morgan fingerprint density at radius 1 is 0.967 bits per heavy atom. The number of carbonyl (C=O) groups is 1. The van der Waals surface area contributed by atoms with Gasteiger partial charge in [0.15, 0.2) is 0 Å². The number of hydrogen-bond donors (Lipinski definition) is 2. The number of nitrogens with zero attached hydrogens (tertiary/aromatic N) is 1. The van der Waals surface area contributed by atoms with Crippen LogP contribution >= 0.6 is 0 Å². The first-order chi connectivity index (χ1) is 14.5. The van der Waals surface area contributed by atoms with Gasteiger partial charge in [-0.15, -0.1) is 0 Å². The minimum atomic E-state index is -3.93. The van der Waals surface area contributed by atoms with Crippen molar-refractivity contribution in [2.45, 2.75) is 17.7 Å². The Balaban J connectivity index is 1.44. The number of aromatic amines is 1. The summed E-state index contributed by atoms with van der Waals surface area (Å²) in [7, 11) is -3.93. The average Bonchev–Trinajstić information content (AvgIpc) is 3.15. The van der Waals surface area contributed by atoms with Crippen LogP contribution in [0.15, 0.2) is 83.8 Å². The molecule has 0 bridgehead atoms. The highest BCUT2D eigenvalue weighted by atomic mass is 32.2. The molecule has 0 spiro atoms. The van der Waals surface area contributed by atoms with Crippen LogP contribution < -0.4 is 9.50 Å². The van der Waals surface area contributed by atoms with Gasteiger partial charge in [-0.2, -0.15) is 8.42 Å². The van der Waals surface area contributed by atoms with Crippen LogP contribution in [-0.4, -0.2) is 24.3 Å². The number of benzene rings is 3. The van der Waals surface area contributed by atoms with Crippen LogP contribution in [0.25, 0.3) is 11.0 Å². The Morgan fingerprint density at radius 2 is 1.67 bits per heavy atom. The van der Waals surface area contributed by atoms with Crippen LogP contribution in [0, 0.1) is 0 Å². The molecule has 30 heavy (non-hydrogen) atoms. The lowest BCUT2D eigenvalue weighted by Crippen LogP contribution is -2.13. The summed E-state index contributed by atoms with van der Waals surface area (Å²) in [6.45, 7) is 0. The number of aromatic nitrogens is 2. The largest absolute Gasteiger partial charge is 0.379 e. The fourth-order valence-corrected chi connectivity index (χ4v) is 3.90.